The van der Waals surface area contributed by atoms with Gasteiger partial charge in [-0.1, -0.05) is 194 Å². The van der Waals surface area contributed by atoms with E-state index in [1.165, 1.54) is 60.5 Å². The van der Waals surface area contributed by atoms with Crippen LogP contribution in [0.2, 0.25) is 0 Å². The Bertz CT molecular complexity index is 4000. The molecule has 3 heteroatoms. The Morgan fingerprint density at radius 2 is 0.829 bits per heavy atom. The molecule has 0 saturated heterocycles. The van der Waals surface area contributed by atoms with Gasteiger partial charge in [0.1, 0.15) is 0 Å². The van der Waals surface area contributed by atoms with E-state index in [9.17, 15) is 5.26 Å². The minimum atomic E-state index is 0.615. The third-order valence-electron chi connectivity index (χ3n) is 14.0. The highest BCUT2D eigenvalue weighted by atomic mass is 15.1. The van der Waals surface area contributed by atoms with Gasteiger partial charge in [0.15, 0.2) is 0 Å². The van der Waals surface area contributed by atoms with Gasteiger partial charge in [0.05, 0.1) is 28.4 Å². The predicted molar refractivity (Wildman–Crippen MR) is 294 cm³/mol. The summed E-state index contributed by atoms with van der Waals surface area (Å²) in [5.74, 6) is 0. The molecule has 0 amide bonds. The van der Waals surface area contributed by atoms with Crippen LogP contribution in [0.15, 0.2) is 261 Å². The van der Waals surface area contributed by atoms with Gasteiger partial charge in [0.25, 0.3) is 0 Å². The summed E-state index contributed by atoms with van der Waals surface area (Å²) in [6, 6.07) is 96.1. The SMILES string of the molecule is N#Cc1ccc(N(c2cccc(-n3c4ccc(-c5ccccc5)cc4c4cc(-c5ccccc5)ccc43)c2)c2c3ccccc3c(-c3ccc(-c4cccc5ccccc45)cc3)c3ccccc23)cc1. The molecular formula is C67H43N3. The molecule has 70 heavy (non-hydrogen) atoms. The van der Waals surface area contributed by atoms with Gasteiger partial charge in [-0.3, -0.25) is 0 Å². The largest absolute Gasteiger partial charge is 0.309 e. The van der Waals surface area contributed by atoms with E-state index in [1.807, 2.05) is 12.1 Å². The highest BCUT2D eigenvalue weighted by molar-refractivity contribution is 6.22. The first kappa shape index (κ1) is 40.8. The maximum Gasteiger partial charge on any atom is 0.0991 e. The van der Waals surface area contributed by atoms with E-state index in [4.69, 9.17) is 0 Å². The van der Waals surface area contributed by atoms with Crippen molar-refractivity contribution in [3.8, 4) is 56.3 Å². The van der Waals surface area contributed by atoms with Gasteiger partial charge in [0.2, 0.25) is 0 Å². The molecule has 0 aliphatic carbocycles. The lowest BCUT2D eigenvalue weighted by atomic mass is 9.89. The van der Waals surface area contributed by atoms with Crippen molar-refractivity contribution in [1.82, 2.24) is 4.57 Å². The van der Waals surface area contributed by atoms with Gasteiger partial charge in [-0.05, 0) is 133 Å². The van der Waals surface area contributed by atoms with Crippen molar-refractivity contribution in [3.63, 3.8) is 0 Å². The van der Waals surface area contributed by atoms with Crippen LogP contribution in [0.3, 0.4) is 0 Å². The Hall–Kier alpha value is -9.49. The second-order valence-electron chi connectivity index (χ2n) is 18.0. The average molecular weight is 890 g/mol. The number of fused-ring (bicyclic) bond motifs is 6. The molecule has 12 aromatic carbocycles. The fourth-order valence-corrected chi connectivity index (χ4v) is 10.7. The summed E-state index contributed by atoms with van der Waals surface area (Å²) in [5.41, 5.74) is 16.5. The van der Waals surface area contributed by atoms with Crippen LogP contribution in [0, 0.1) is 11.3 Å². The zero-order chi connectivity index (χ0) is 46.5. The molecule has 3 nitrogen and oxygen atoms in total. The molecule has 0 aliphatic rings. The van der Waals surface area contributed by atoms with E-state index in [1.54, 1.807) is 0 Å². The monoisotopic (exact) mass is 889 g/mol. The van der Waals surface area contributed by atoms with E-state index in [-0.39, 0.29) is 0 Å². The Kier molecular flexibility index (Phi) is 9.89. The van der Waals surface area contributed by atoms with E-state index in [2.05, 4.69) is 264 Å². The van der Waals surface area contributed by atoms with Crippen LogP contribution < -0.4 is 4.90 Å². The summed E-state index contributed by atoms with van der Waals surface area (Å²) in [7, 11) is 0. The van der Waals surface area contributed by atoms with Gasteiger partial charge < -0.3 is 9.47 Å². The topological polar surface area (TPSA) is 32.0 Å². The molecule has 0 N–H and O–H groups in total. The Labute approximate surface area is 406 Å². The van der Waals surface area contributed by atoms with Gasteiger partial charge >= 0.3 is 0 Å². The van der Waals surface area contributed by atoms with Crippen molar-refractivity contribution in [2.75, 3.05) is 4.90 Å². The Morgan fingerprint density at radius 1 is 0.329 bits per heavy atom. The van der Waals surface area contributed by atoms with Gasteiger partial charge in [-0.25, -0.2) is 0 Å². The molecule has 13 aromatic rings. The minimum absolute atomic E-state index is 0.615. The molecule has 1 aromatic heterocycles. The quantitative estimate of drug-likeness (QED) is 0.142. The number of aromatic nitrogens is 1. The average Bonchev–Trinajstić information content (AvgIpc) is 3.77. The van der Waals surface area contributed by atoms with Gasteiger partial charge in [-0.15, -0.1) is 0 Å². The molecule has 0 bridgehead atoms. The molecule has 0 saturated carbocycles. The van der Waals surface area contributed by atoms with Crippen molar-refractivity contribution in [2.24, 2.45) is 0 Å². The third kappa shape index (κ3) is 6.90. The van der Waals surface area contributed by atoms with E-state index >= 15 is 0 Å². The summed E-state index contributed by atoms with van der Waals surface area (Å²) in [6.45, 7) is 0. The molecule has 0 fully saturated rings. The van der Waals surface area contributed by atoms with Gasteiger partial charge in [0, 0.05) is 38.6 Å². The number of nitrogens with zero attached hydrogens (tertiary/aromatic N) is 3. The Morgan fingerprint density at radius 3 is 1.43 bits per heavy atom. The van der Waals surface area contributed by atoms with Crippen molar-refractivity contribution < 1.29 is 0 Å². The number of rotatable bonds is 8. The molecule has 0 aliphatic heterocycles. The molecule has 0 atom stereocenters. The van der Waals surface area contributed by atoms with Crippen LogP contribution >= 0.6 is 0 Å². The van der Waals surface area contributed by atoms with Crippen LogP contribution in [0.4, 0.5) is 17.1 Å². The lowest BCUT2D eigenvalue weighted by molar-refractivity contribution is 1.17. The highest BCUT2D eigenvalue weighted by Gasteiger charge is 2.24. The molecule has 0 radical (unpaired) electrons. The van der Waals surface area contributed by atoms with E-state index < -0.39 is 0 Å². The van der Waals surface area contributed by atoms with Crippen LogP contribution in [0.5, 0.6) is 0 Å². The van der Waals surface area contributed by atoms with Crippen molar-refractivity contribution in [2.45, 2.75) is 0 Å². The van der Waals surface area contributed by atoms with Crippen molar-refractivity contribution in [3.05, 3.63) is 266 Å². The fourth-order valence-electron chi connectivity index (χ4n) is 10.7. The normalized spacial score (nSPS) is 11.4. The number of nitriles is 1. The van der Waals surface area contributed by atoms with Crippen LogP contribution in [0.25, 0.3) is 104 Å². The first-order valence-corrected chi connectivity index (χ1v) is 23.8. The smallest absolute Gasteiger partial charge is 0.0991 e. The number of benzene rings is 12. The number of anilines is 3. The van der Waals surface area contributed by atoms with E-state index in [0.717, 1.165) is 60.9 Å². The molecular weight excluding hydrogens is 847 g/mol. The summed E-state index contributed by atoms with van der Waals surface area (Å²) >= 11 is 0. The van der Waals surface area contributed by atoms with Gasteiger partial charge in [-0.2, -0.15) is 5.26 Å². The summed E-state index contributed by atoms with van der Waals surface area (Å²) in [4.78, 5) is 2.39. The second-order valence-corrected chi connectivity index (χ2v) is 18.0. The summed E-state index contributed by atoms with van der Waals surface area (Å²) < 4.78 is 2.41. The molecule has 0 unspecified atom stereocenters. The number of hydrogen-bond acceptors (Lipinski definition) is 2. The zero-order valence-electron chi connectivity index (χ0n) is 38.2. The molecule has 0 spiro atoms. The summed E-state index contributed by atoms with van der Waals surface area (Å²) in [5, 5.41) is 19.4. The molecule has 326 valence electrons. The maximum atomic E-state index is 9.96. The third-order valence-corrected chi connectivity index (χ3v) is 14.0. The maximum absolute atomic E-state index is 9.96. The lowest BCUT2D eigenvalue weighted by Gasteiger charge is -2.30. The highest BCUT2D eigenvalue weighted by Crippen LogP contribution is 2.49. The molecule has 1 heterocycles. The second kappa shape index (κ2) is 17.0. The number of hydrogen-bond donors (Lipinski definition) is 0. The standard InChI is InChI=1S/C67H43N3/c68-44-45-29-37-53(38-30-45)69(67-60-26-11-9-24-58(60)66(59-25-10-12-27-61(59)67)50-33-31-49(32-34-50)57-28-13-20-48-19-7-8-23-56(48)57)54-21-14-22-55(43-54)70-64-39-35-51(46-15-3-1-4-16-46)41-62(64)63-42-52(36-40-65(63)70)47-17-5-2-6-18-47/h1-43H. The summed E-state index contributed by atoms with van der Waals surface area (Å²) in [6.07, 6.45) is 0. The first-order chi connectivity index (χ1) is 34.7. The van der Waals surface area contributed by atoms with E-state index in [0.29, 0.717) is 5.56 Å². The van der Waals surface area contributed by atoms with Crippen molar-refractivity contribution in [1.29, 1.82) is 5.26 Å². The predicted octanol–water partition coefficient (Wildman–Crippen LogP) is 18.3. The van der Waals surface area contributed by atoms with Crippen LogP contribution in [0.1, 0.15) is 5.56 Å². The van der Waals surface area contributed by atoms with Crippen LogP contribution in [-0.4, -0.2) is 4.57 Å². The zero-order valence-corrected chi connectivity index (χ0v) is 38.2. The Balaban J connectivity index is 1.02. The minimum Gasteiger partial charge on any atom is -0.309 e. The molecule has 13 rings (SSSR count). The fraction of sp³-hybridized carbons (Fsp3) is 0. The lowest BCUT2D eigenvalue weighted by Crippen LogP contribution is -2.12. The van der Waals surface area contributed by atoms with Crippen LogP contribution in [-0.2, 0) is 0 Å². The first-order valence-electron chi connectivity index (χ1n) is 23.8. The van der Waals surface area contributed by atoms with Crippen molar-refractivity contribution >= 4 is 71.2 Å².